The second-order valence-corrected chi connectivity index (χ2v) is 9.54. The smallest absolute Gasteiger partial charge is 0.322 e. The molecule has 0 spiro atoms. The lowest BCUT2D eigenvalue weighted by molar-refractivity contribution is -0.121. The van der Waals surface area contributed by atoms with E-state index >= 15 is 0 Å². The van der Waals surface area contributed by atoms with E-state index in [-0.39, 0.29) is 40.9 Å². The molecule has 1 aliphatic heterocycles. The number of urea groups is 1. The number of aromatic nitrogens is 2. The van der Waals surface area contributed by atoms with Crippen LogP contribution in [0, 0.1) is 17.6 Å². The molecule has 210 valence electrons. The molecule has 0 aliphatic carbocycles. The van der Waals surface area contributed by atoms with Crippen molar-refractivity contribution in [3.05, 3.63) is 66.5 Å². The zero-order valence-electron chi connectivity index (χ0n) is 21.7. The van der Waals surface area contributed by atoms with Crippen molar-refractivity contribution < 1.29 is 27.8 Å². The van der Waals surface area contributed by atoms with Crippen LogP contribution in [0.4, 0.5) is 25.1 Å². The van der Waals surface area contributed by atoms with Gasteiger partial charge in [0.15, 0.2) is 23.3 Å². The van der Waals surface area contributed by atoms with Gasteiger partial charge in [-0.25, -0.2) is 23.5 Å². The molecule has 3 amide bonds. The fourth-order valence-corrected chi connectivity index (χ4v) is 4.09. The number of nitrogens with zero attached hydrogens (tertiary/aromatic N) is 4. The molecule has 1 saturated heterocycles. The second-order valence-electron chi connectivity index (χ2n) is 9.13. The molecule has 40 heavy (non-hydrogen) atoms. The Balaban J connectivity index is 1.26. The molecule has 0 unspecified atom stereocenters. The Bertz CT molecular complexity index is 1370. The minimum absolute atomic E-state index is 0.0251. The SMILES string of the molecule is CN1CC(CN(C)C(=O)Nc2cc(Oc3ccc(NC(=S)NC(=O)COc4ccc(F)cc4)cc3F)ncn2)C1. The quantitative estimate of drug-likeness (QED) is 0.332. The molecule has 0 saturated carbocycles. The summed E-state index contributed by atoms with van der Waals surface area (Å²) in [7, 11) is 3.73. The highest BCUT2D eigenvalue weighted by molar-refractivity contribution is 7.80. The molecular formula is C26H27F2N7O4S. The van der Waals surface area contributed by atoms with Crippen LogP contribution in [0.3, 0.4) is 0 Å². The maximum absolute atomic E-state index is 14.7. The maximum Gasteiger partial charge on any atom is 0.322 e. The van der Waals surface area contributed by atoms with Gasteiger partial charge in [0, 0.05) is 50.4 Å². The summed E-state index contributed by atoms with van der Waals surface area (Å²) in [6, 6.07) is 10.2. The largest absolute Gasteiger partial charge is 0.484 e. The van der Waals surface area contributed by atoms with E-state index in [9.17, 15) is 18.4 Å². The minimum atomic E-state index is -0.729. The van der Waals surface area contributed by atoms with Gasteiger partial charge in [0.2, 0.25) is 5.88 Å². The Kier molecular flexibility index (Phi) is 9.35. The second kappa shape index (κ2) is 13.1. The third-order valence-electron chi connectivity index (χ3n) is 5.74. The molecule has 14 heteroatoms. The highest BCUT2D eigenvalue weighted by atomic mass is 32.1. The highest BCUT2D eigenvalue weighted by Crippen LogP contribution is 2.26. The number of hydrogen-bond donors (Lipinski definition) is 3. The van der Waals surface area contributed by atoms with Crippen LogP contribution in [0.15, 0.2) is 54.9 Å². The van der Waals surface area contributed by atoms with Gasteiger partial charge in [0.25, 0.3) is 5.91 Å². The van der Waals surface area contributed by atoms with E-state index in [1.54, 1.807) is 11.9 Å². The summed E-state index contributed by atoms with van der Waals surface area (Å²) in [6.45, 7) is 2.14. The van der Waals surface area contributed by atoms with Gasteiger partial charge in [0.1, 0.15) is 23.7 Å². The predicted molar refractivity (Wildman–Crippen MR) is 147 cm³/mol. The first kappa shape index (κ1) is 28.6. The molecule has 2 aromatic carbocycles. The van der Waals surface area contributed by atoms with E-state index in [4.69, 9.17) is 21.7 Å². The van der Waals surface area contributed by atoms with Gasteiger partial charge >= 0.3 is 6.03 Å². The molecule has 1 aliphatic rings. The van der Waals surface area contributed by atoms with Crippen molar-refractivity contribution >= 4 is 40.8 Å². The van der Waals surface area contributed by atoms with Crippen molar-refractivity contribution in [1.29, 1.82) is 0 Å². The number of ether oxygens (including phenoxy) is 2. The van der Waals surface area contributed by atoms with Crippen molar-refractivity contribution in [3.8, 4) is 17.4 Å². The standard InChI is InChI=1S/C26H27F2N7O4S/c1-34-11-16(12-34)13-35(2)26(37)32-22-10-24(30-15-29-22)39-21-8-5-18(9-20(21)28)31-25(40)33-23(36)14-38-19-6-3-17(27)4-7-19/h3-10,15-16H,11-14H2,1-2H3,(H,29,30,32,37)(H2,31,33,36,40). The average molecular weight is 572 g/mol. The van der Waals surface area contributed by atoms with Crippen LogP contribution >= 0.6 is 12.2 Å². The maximum atomic E-state index is 14.7. The van der Waals surface area contributed by atoms with E-state index in [0.717, 1.165) is 19.2 Å². The molecule has 4 rings (SSSR count). The fraction of sp³-hybridized carbons (Fsp3) is 0.269. The molecular weight excluding hydrogens is 544 g/mol. The predicted octanol–water partition coefficient (Wildman–Crippen LogP) is 3.46. The summed E-state index contributed by atoms with van der Waals surface area (Å²) in [6.07, 6.45) is 1.20. The number of carbonyl (C=O) groups is 2. The first-order valence-corrected chi connectivity index (χ1v) is 12.5. The normalized spacial score (nSPS) is 13.1. The molecule has 0 radical (unpaired) electrons. The first-order valence-electron chi connectivity index (χ1n) is 12.1. The average Bonchev–Trinajstić information content (AvgIpc) is 2.89. The van der Waals surface area contributed by atoms with Crippen molar-refractivity contribution in [1.82, 2.24) is 25.1 Å². The molecule has 0 atom stereocenters. The number of hydrogen-bond acceptors (Lipinski definition) is 8. The van der Waals surface area contributed by atoms with Crippen LogP contribution in [0.1, 0.15) is 0 Å². The van der Waals surface area contributed by atoms with E-state index in [0.29, 0.717) is 18.2 Å². The van der Waals surface area contributed by atoms with E-state index < -0.39 is 17.5 Å². The van der Waals surface area contributed by atoms with Crippen LogP contribution < -0.4 is 25.4 Å². The lowest BCUT2D eigenvalue weighted by Gasteiger charge is -2.38. The molecule has 3 N–H and O–H groups in total. The molecule has 11 nitrogen and oxygen atoms in total. The molecule has 0 bridgehead atoms. The minimum Gasteiger partial charge on any atom is -0.484 e. The molecule has 2 heterocycles. The molecule has 1 aromatic heterocycles. The zero-order chi connectivity index (χ0) is 28.6. The summed E-state index contributed by atoms with van der Waals surface area (Å²) in [5.74, 6) is -0.867. The molecule has 3 aromatic rings. The number of carbonyl (C=O) groups excluding carboxylic acids is 2. The van der Waals surface area contributed by atoms with Crippen LogP contribution in [0.5, 0.6) is 17.4 Å². The lowest BCUT2D eigenvalue weighted by atomic mass is 10.0. The van der Waals surface area contributed by atoms with Crippen LogP contribution in [0.25, 0.3) is 0 Å². The monoisotopic (exact) mass is 571 g/mol. The highest BCUT2D eigenvalue weighted by Gasteiger charge is 2.26. The number of anilines is 2. The van der Waals surface area contributed by atoms with Gasteiger partial charge in [-0.05, 0) is 55.7 Å². The number of nitrogens with one attached hydrogen (secondary N) is 3. The Labute approximate surface area is 234 Å². The number of halogens is 2. The zero-order valence-corrected chi connectivity index (χ0v) is 22.5. The van der Waals surface area contributed by atoms with Crippen LogP contribution in [-0.2, 0) is 4.79 Å². The summed E-state index contributed by atoms with van der Waals surface area (Å²) in [5, 5.41) is 7.70. The molecule has 1 fully saturated rings. The van der Waals surface area contributed by atoms with Gasteiger partial charge < -0.3 is 24.6 Å². The van der Waals surface area contributed by atoms with Gasteiger partial charge in [-0.1, -0.05) is 0 Å². The van der Waals surface area contributed by atoms with E-state index in [1.165, 1.54) is 48.8 Å². The lowest BCUT2D eigenvalue weighted by Crippen LogP contribution is -2.50. The van der Waals surface area contributed by atoms with E-state index in [1.807, 2.05) is 7.05 Å². The van der Waals surface area contributed by atoms with Crippen LogP contribution in [0.2, 0.25) is 0 Å². The van der Waals surface area contributed by atoms with Gasteiger partial charge in [-0.3, -0.25) is 15.4 Å². The summed E-state index contributed by atoms with van der Waals surface area (Å²) >= 11 is 5.09. The van der Waals surface area contributed by atoms with Gasteiger partial charge in [-0.15, -0.1) is 0 Å². The fourth-order valence-electron chi connectivity index (χ4n) is 3.86. The third kappa shape index (κ3) is 8.28. The number of thiocarbonyl (C=S) groups is 1. The van der Waals surface area contributed by atoms with Crippen molar-refractivity contribution in [2.45, 2.75) is 0 Å². The Hall–Kier alpha value is -4.43. The first-order chi connectivity index (χ1) is 19.1. The topological polar surface area (TPSA) is 121 Å². The van der Waals surface area contributed by atoms with Crippen molar-refractivity contribution in [2.75, 3.05) is 51.0 Å². The Morgan fingerprint density at radius 1 is 1.10 bits per heavy atom. The number of likely N-dealkylation sites (tertiary alicyclic amines) is 1. The number of amides is 3. The number of benzene rings is 2. The third-order valence-corrected chi connectivity index (χ3v) is 5.94. The summed E-state index contributed by atoms with van der Waals surface area (Å²) in [5.41, 5.74) is 0.255. The van der Waals surface area contributed by atoms with Crippen LogP contribution in [-0.4, -0.2) is 77.2 Å². The number of rotatable bonds is 9. The van der Waals surface area contributed by atoms with Gasteiger partial charge in [-0.2, -0.15) is 0 Å². The summed E-state index contributed by atoms with van der Waals surface area (Å²) in [4.78, 5) is 36.3. The Morgan fingerprint density at radius 2 is 1.85 bits per heavy atom. The van der Waals surface area contributed by atoms with Crippen molar-refractivity contribution in [2.24, 2.45) is 5.92 Å². The Morgan fingerprint density at radius 3 is 2.55 bits per heavy atom. The summed E-state index contributed by atoms with van der Waals surface area (Å²) < 4.78 is 38.5. The van der Waals surface area contributed by atoms with E-state index in [2.05, 4.69) is 30.8 Å². The van der Waals surface area contributed by atoms with Gasteiger partial charge in [0.05, 0.1) is 0 Å². The van der Waals surface area contributed by atoms with Crippen molar-refractivity contribution in [3.63, 3.8) is 0 Å².